The van der Waals surface area contributed by atoms with Crippen molar-refractivity contribution in [1.29, 1.82) is 0 Å². The first-order valence-corrected chi connectivity index (χ1v) is 8.98. The van der Waals surface area contributed by atoms with Gasteiger partial charge in [-0.15, -0.1) is 12.4 Å². The summed E-state index contributed by atoms with van der Waals surface area (Å²) in [6, 6.07) is 15.8. The van der Waals surface area contributed by atoms with Crippen molar-refractivity contribution < 1.29 is 14.2 Å². The smallest absolute Gasteiger partial charge is 0.170 e. The van der Waals surface area contributed by atoms with Gasteiger partial charge in [-0.1, -0.05) is 12.1 Å². The molecule has 5 heteroatoms. The van der Waals surface area contributed by atoms with Crippen LogP contribution in [0.1, 0.15) is 18.4 Å². The standard InChI is InChI=1S/C21H21NO3.ClH/c1-2-4-19-18(3-1)23-14-21(25-19)15-5-7-17(8-6-15)24-20-13-22-11-9-16(20)10-12-22;/h1-8,14,16,20H,9-13H2;1H. The van der Waals surface area contributed by atoms with Gasteiger partial charge in [0, 0.05) is 12.1 Å². The number of halogens is 1. The summed E-state index contributed by atoms with van der Waals surface area (Å²) < 4.78 is 17.8. The van der Waals surface area contributed by atoms with Crippen molar-refractivity contribution in [2.75, 3.05) is 19.6 Å². The van der Waals surface area contributed by atoms with Gasteiger partial charge in [0.15, 0.2) is 17.3 Å². The molecule has 3 fully saturated rings. The molecule has 4 aliphatic rings. The van der Waals surface area contributed by atoms with Crippen LogP contribution in [-0.2, 0) is 0 Å². The van der Waals surface area contributed by atoms with E-state index in [2.05, 4.69) is 4.90 Å². The Kier molecular flexibility index (Phi) is 4.79. The first kappa shape index (κ1) is 17.3. The van der Waals surface area contributed by atoms with Gasteiger partial charge in [-0.05, 0) is 68.2 Å². The summed E-state index contributed by atoms with van der Waals surface area (Å²) in [5, 5.41) is 0. The van der Waals surface area contributed by atoms with Crippen molar-refractivity contribution in [3.05, 3.63) is 60.4 Å². The van der Waals surface area contributed by atoms with Crippen molar-refractivity contribution in [2.24, 2.45) is 5.92 Å². The number of rotatable bonds is 3. The van der Waals surface area contributed by atoms with Crippen LogP contribution in [0.25, 0.3) is 5.76 Å². The summed E-state index contributed by atoms with van der Waals surface area (Å²) in [7, 11) is 0. The summed E-state index contributed by atoms with van der Waals surface area (Å²) in [4.78, 5) is 2.51. The van der Waals surface area contributed by atoms with E-state index in [0.29, 0.717) is 17.8 Å². The van der Waals surface area contributed by atoms with Crippen LogP contribution < -0.4 is 14.2 Å². The number of benzene rings is 2. The number of para-hydroxylation sites is 2. The number of nitrogens with zero attached hydrogens (tertiary/aromatic N) is 1. The molecule has 0 N–H and O–H groups in total. The summed E-state index contributed by atoms with van der Waals surface area (Å²) >= 11 is 0. The van der Waals surface area contributed by atoms with Crippen molar-refractivity contribution >= 4 is 18.2 Å². The van der Waals surface area contributed by atoms with Gasteiger partial charge < -0.3 is 14.2 Å². The number of fused-ring (bicyclic) bond motifs is 4. The molecule has 1 unspecified atom stereocenters. The van der Waals surface area contributed by atoms with E-state index in [1.165, 1.54) is 25.9 Å². The summed E-state index contributed by atoms with van der Waals surface area (Å²) in [5.41, 5.74) is 0.982. The highest BCUT2D eigenvalue weighted by Crippen LogP contribution is 2.35. The predicted molar refractivity (Wildman–Crippen MR) is 103 cm³/mol. The van der Waals surface area contributed by atoms with Crippen LogP contribution in [0.3, 0.4) is 0 Å². The number of ether oxygens (including phenoxy) is 3. The minimum Gasteiger partial charge on any atom is -0.489 e. The fraction of sp³-hybridized carbons (Fsp3) is 0.333. The molecule has 0 aromatic heterocycles. The highest BCUT2D eigenvalue weighted by atomic mass is 35.5. The average molecular weight is 372 g/mol. The molecule has 2 aromatic carbocycles. The van der Waals surface area contributed by atoms with Gasteiger partial charge in [-0.2, -0.15) is 0 Å². The maximum absolute atomic E-state index is 6.25. The highest BCUT2D eigenvalue weighted by molar-refractivity contribution is 5.85. The van der Waals surface area contributed by atoms with E-state index < -0.39 is 0 Å². The van der Waals surface area contributed by atoms with Gasteiger partial charge >= 0.3 is 0 Å². The largest absolute Gasteiger partial charge is 0.489 e. The number of hydrogen-bond acceptors (Lipinski definition) is 4. The Hall–Kier alpha value is -2.17. The zero-order chi connectivity index (χ0) is 16.6. The van der Waals surface area contributed by atoms with Crippen molar-refractivity contribution in [1.82, 2.24) is 4.90 Å². The third kappa shape index (κ3) is 3.27. The van der Waals surface area contributed by atoms with Crippen LogP contribution in [0.5, 0.6) is 17.2 Å². The van der Waals surface area contributed by atoms with E-state index in [1.54, 1.807) is 6.26 Å². The van der Waals surface area contributed by atoms with Gasteiger partial charge in [0.25, 0.3) is 0 Å². The molecule has 4 heterocycles. The second-order valence-corrected chi connectivity index (χ2v) is 6.97. The lowest BCUT2D eigenvalue weighted by Gasteiger charge is -2.44. The maximum atomic E-state index is 6.25. The van der Waals surface area contributed by atoms with Crippen LogP contribution in [-0.4, -0.2) is 30.6 Å². The molecule has 4 aliphatic heterocycles. The SMILES string of the molecule is C1=C(c2ccc(OC3CN4CCC3CC4)cc2)Oc2ccccc2O1.Cl. The molecular formula is C21H22ClNO3. The molecule has 0 amide bonds. The second-order valence-electron chi connectivity index (χ2n) is 6.97. The normalized spacial score (nSPS) is 25.8. The van der Waals surface area contributed by atoms with Gasteiger partial charge in [0.2, 0.25) is 0 Å². The molecular weight excluding hydrogens is 350 g/mol. The molecule has 0 aliphatic carbocycles. The molecule has 4 nitrogen and oxygen atoms in total. The molecule has 136 valence electrons. The van der Waals surface area contributed by atoms with E-state index in [0.717, 1.165) is 29.4 Å². The van der Waals surface area contributed by atoms with E-state index in [-0.39, 0.29) is 12.4 Å². The first-order valence-electron chi connectivity index (χ1n) is 8.98. The Morgan fingerprint density at radius 2 is 1.65 bits per heavy atom. The van der Waals surface area contributed by atoms with Crippen molar-refractivity contribution in [2.45, 2.75) is 18.9 Å². The molecule has 2 bridgehead atoms. The third-order valence-electron chi connectivity index (χ3n) is 5.38. The topological polar surface area (TPSA) is 30.9 Å². The lowest BCUT2D eigenvalue weighted by molar-refractivity contribution is -0.00776. The number of piperidine rings is 3. The fourth-order valence-corrected chi connectivity index (χ4v) is 3.94. The first-order chi connectivity index (χ1) is 12.3. The highest BCUT2D eigenvalue weighted by Gasteiger charge is 2.35. The van der Waals surface area contributed by atoms with Gasteiger partial charge in [0.1, 0.15) is 18.1 Å². The second kappa shape index (κ2) is 7.22. The zero-order valence-corrected chi connectivity index (χ0v) is 15.3. The van der Waals surface area contributed by atoms with Crippen LogP contribution in [0.2, 0.25) is 0 Å². The minimum absolute atomic E-state index is 0. The van der Waals surface area contributed by atoms with Gasteiger partial charge in [-0.3, -0.25) is 4.90 Å². The summed E-state index contributed by atoms with van der Waals surface area (Å²) in [6.45, 7) is 3.53. The van der Waals surface area contributed by atoms with E-state index in [1.807, 2.05) is 48.5 Å². The lowest BCUT2D eigenvalue weighted by Crippen LogP contribution is -2.52. The number of hydrogen-bond donors (Lipinski definition) is 0. The van der Waals surface area contributed by atoms with Crippen LogP contribution in [0.15, 0.2) is 54.8 Å². The predicted octanol–water partition coefficient (Wildman–Crippen LogP) is 4.35. The molecule has 0 saturated carbocycles. The fourth-order valence-electron chi connectivity index (χ4n) is 3.94. The molecule has 0 radical (unpaired) electrons. The van der Waals surface area contributed by atoms with Crippen molar-refractivity contribution in [3.63, 3.8) is 0 Å². The molecule has 3 saturated heterocycles. The molecule has 1 atom stereocenters. The van der Waals surface area contributed by atoms with E-state index in [9.17, 15) is 0 Å². The van der Waals surface area contributed by atoms with Gasteiger partial charge in [-0.25, -0.2) is 0 Å². The summed E-state index contributed by atoms with van der Waals surface area (Å²) in [6.07, 6.45) is 4.51. The Bertz CT molecular complexity index is 797. The monoisotopic (exact) mass is 371 g/mol. The Morgan fingerprint density at radius 3 is 2.35 bits per heavy atom. The minimum atomic E-state index is 0. The van der Waals surface area contributed by atoms with Crippen molar-refractivity contribution in [3.8, 4) is 17.2 Å². The van der Waals surface area contributed by atoms with Gasteiger partial charge in [0.05, 0.1) is 0 Å². The molecule has 26 heavy (non-hydrogen) atoms. The van der Waals surface area contributed by atoms with Crippen LogP contribution in [0, 0.1) is 5.92 Å². The molecule has 0 spiro atoms. The Morgan fingerprint density at radius 1 is 0.923 bits per heavy atom. The Balaban J connectivity index is 0.00000168. The third-order valence-corrected chi connectivity index (χ3v) is 5.38. The lowest BCUT2D eigenvalue weighted by atomic mass is 9.86. The zero-order valence-electron chi connectivity index (χ0n) is 14.5. The quantitative estimate of drug-likeness (QED) is 0.802. The van der Waals surface area contributed by atoms with Crippen LogP contribution in [0.4, 0.5) is 0 Å². The van der Waals surface area contributed by atoms with E-state index >= 15 is 0 Å². The van der Waals surface area contributed by atoms with E-state index in [4.69, 9.17) is 14.2 Å². The summed E-state index contributed by atoms with van der Waals surface area (Å²) in [5.74, 6) is 3.84. The maximum Gasteiger partial charge on any atom is 0.170 e. The average Bonchev–Trinajstić information content (AvgIpc) is 2.69. The van der Waals surface area contributed by atoms with Crippen LogP contribution >= 0.6 is 12.4 Å². The molecule has 2 aromatic rings. The molecule has 6 rings (SSSR count). The Labute approximate surface area is 159 Å².